The van der Waals surface area contributed by atoms with E-state index in [1.165, 1.54) is 7.05 Å². The number of hydrogen-bond acceptors (Lipinski definition) is 5. The minimum atomic E-state index is -3.56. The molecule has 1 saturated heterocycles. The molecule has 144 valence electrons. The van der Waals surface area contributed by atoms with Gasteiger partial charge in [0.15, 0.2) is 0 Å². The number of carbonyl (C=O) groups is 2. The third-order valence-electron chi connectivity index (χ3n) is 4.44. The fraction of sp³-hybridized carbons (Fsp3) is 0.529. The minimum absolute atomic E-state index is 0.0268. The Morgan fingerprint density at radius 3 is 2.35 bits per heavy atom. The minimum Gasteiger partial charge on any atom is -0.481 e. The van der Waals surface area contributed by atoms with Crippen LogP contribution in [-0.4, -0.2) is 63.5 Å². The molecule has 1 aromatic rings. The average Bonchev–Trinajstić information content (AvgIpc) is 2.61. The van der Waals surface area contributed by atoms with Crippen LogP contribution < -0.4 is 9.62 Å². The number of hydrogen-bond donors (Lipinski definition) is 2. The number of rotatable bonds is 7. The monoisotopic (exact) mass is 383 g/mol. The van der Waals surface area contributed by atoms with E-state index in [-0.39, 0.29) is 29.6 Å². The normalized spacial score (nSPS) is 16.4. The summed E-state index contributed by atoms with van der Waals surface area (Å²) >= 11 is 0. The van der Waals surface area contributed by atoms with Crippen molar-refractivity contribution in [1.29, 1.82) is 0 Å². The molecule has 1 aromatic carbocycles. The van der Waals surface area contributed by atoms with Crippen molar-refractivity contribution < 1.29 is 23.1 Å². The van der Waals surface area contributed by atoms with Gasteiger partial charge in [0.25, 0.3) is 0 Å². The third kappa shape index (κ3) is 4.95. The van der Waals surface area contributed by atoms with Crippen LogP contribution in [0.25, 0.3) is 0 Å². The number of benzene rings is 1. The van der Waals surface area contributed by atoms with Gasteiger partial charge in [0.05, 0.1) is 5.69 Å². The summed E-state index contributed by atoms with van der Waals surface area (Å²) < 4.78 is 26.7. The average molecular weight is 383 g/mol. The summed E-state index contributed by atoms with van der Waals surface area (Å²) in [4.78, 5) is 26.9. The van der Waals surface area contributed by atoms with Crippen LogP contribution in [0.4, 0.5) is 5.69 Å². The van der Waals surface area contributed by atoms with Gasteiger partial charge in [0, 0.05) is 39.0 Å². The fourth-order valence-electron chi connectivity index (χ4n) is 3.05. The summed E-state index contributed by atoms with van der Waals surface area (Å²) in [6.45, 7) is 3.75. The molecule has 1 aliphatic rings. The molecule has 0 radical (unpaired) electrons. The maximum atomic E-state index is 12.3. The number of carboxylic acid groups (broad SMARTS) is 1. The van der Waals surface area contributed by atoms with Crippen LogP contribution in [0.15, 0.2) is 29.2 Å². The summed E-state index contributed by atoms with van der Waals surface area (Å²) in [5, 5.41) is 8.79. The maximum Gasteiger partial charge on any atom is 0.303 e. The van der Waals surface area contributed by atoms with Gasteiger partial charge in [0.1, 0.15) is 4.90 Å². The topological polar surface area (TPSA) is 107 Å². The summed E-state index contributed by atoms with van der Waals surface area (Å²) in [7, 11) is -2.19. The van der Waals surface area contributed by atoms with Gasteiger partial charge in [-0.25, -0.2) is 13.1 Å². The quantitative estimate of drug-likeness (QED) is 0.719. The summed E-state index contributed by atoms with van der Waals surface area (Å²) in [6.07, 6.45) is 0.179. The molecule has 1 aliphatic heterocycles. The molecule has 0 spiro atoms. The summed E-state index contributed by atoms with van der Waals surface area (Å²) in [5.74, 6) is -1.17. The molecule has 2 rings (SSSR count). The van der Waals surface area contributed by atoms with E-state index in [0.717, 1.165) is 0 Å². The van der Waals surface area contributed by atoms with E-state index in [9.17, 15) is 18.0 Å². The molecule has 26 heavy (non-hydrogen) atoms. The highest BCUT2D eigenvalue weighted by Gasteiger charge is 2.26. The molecule has 0 aromatic heterocycles. The molecule has 2 N–H and O–H groups in total. The summed E-state index contributed by atoms with van der Waals surface area (Å²) in [6, 6.07) is 6.79. The molecule has 1 heterocycles. The second-order valence-corrected chi connectivity index (χ2v) is 8.31. The number of nitrogens with zero attached hydrogens (tertiary/aromatic N) is 2. The largest absolute Gasteiger partial charge is 0.481 e. The molecule has 0 bridgehead atoms. The smallest absolute Gasteiger partial charge is 0.303 e. The Labute approximate surface area is 153 Å². The highest BCUT2D eigenvalue weighted by molar-refractivity contribution is 7.89. The number of nitrogens with one attached hydrogen (secondary N) is 1. The van der Waals surface area contributed by atoms with Gasteiger partial charge in [-0.3, -0.25) is 9.59 Å². The van der Waals surface area contributed by atoms with Crippen molar-refractivity contribution in [3.05, 3.63) is 24.3 Å². The molecule has 0 saturated carbocycles. The Morgan fingerprint density at radius 2 is 1.77 bits per heavy atom. The highest BCUT2D eigenvalue weighted by atomic mass is 32.2. The highest BCUT2D eigenvalue weighted by Crippen LogP contribution is 2.26. The number of amides is 1. The lowest BCUT2D eigenvalue weighted by atomic mass is 10.0. The van der Waals surface area contributed by atoms with Crippen molar-refractivity contribution in [3.63, 3.8) is 0 Å². The second-order valence-electron chi connectivity index (χ2n) is 6.45. The van der Waals surface area contributed by atoms with Crippen LogP contribution >= 0.6 is 0 Å². The number of sulfonamides is 1. The van der Waals surface area contributed by atoms with Crippen LogP contribution in [0.5, 0.6) is 0 Å². The zero-order chi connectivity index (χ0) is 19.3. The predicted octanol–water partition coefficient (Wildman–Crippen LogP) is 0.744. The first-order valence-electron chi connectivity index (χ1n) is 8.51. The molecule has 0 aliphatic carbocycles. The lowest BCUT2D eigenvalue weighted by Crippen LogP contribution is -2.49. The van der Waals surface area contributed by atoms with Crippen LogP contribution in [0.3, 0.4) is 0 Å². The first-order chi connectivity index (χ1) is 12.2. The van der Waals surface area contributed by atoms with E-state index in [0.29, 0.717) is 31.9 Å². The van der Waals surface area contributed by atoms with Gasteiger partial charge < -0.3 is 14.9 Å². The second kappa shape index (κ2) is 8.50. The number of aliphatic carboxylic acids is 1. The molecule has 8 nitrogen and oxygen atoms in total. The van der Waals surface area contributed by atoms with Gasteiger partial charge in [-0.05, 0) is 25.1 Å². The number of carbonyl (C=O) groups excluding carboxylic acids is 1. The van der Waals surface area contributed by atoms with Gasteiger partial charge >= 0.3 is 5.97 Å². The SMILES string of the molecule is CNS(=O)(=O)c1ccccc1N1CCN(C(=O)CC(C)CC(=O)O)CC1. The molecule has 9 heteroatoms. The van der Waals surface area contributed by atoms with E-state index in [1.807, 2.05) is 4.90 Å². The Morgan fingerprint density at radius 1 is 1.15 bits per heavy atom. The van der Waals surface area contributed by atoms with Crippen molar-refractivity contribution >= 4 is 27.6 Å². The van der Waals surface area contributed by atoms with Crippen molar-refractivity contribution in [2.24, 2.45) is 5.92 Å². The van der Waals surface area contributed by atoms with Crippen LogP contribution in [0.1, 0.15) is 19.8 Å². The van der Waals surface area contributed by atoms with Gasteiger partial charge in [-0.2, -0.15) is 0 Å². The third-order valence-corrected chi connectivity index (χ3v) is 5.90. The van der Waals surface area contributed by atoms with Gasteiger partial charge in [-0.1, -0.05) is 19.1 Å². The zero-order valence-electron chi connectivity index (χ0n) is 15.0. The summed E-state index contributed by atoms with van der Waals surface area (Å²) in [5.41, 5.74) is 0.619. The molecular weight excluding hydrogens is 358 g/mol. The van der Waals surface area contributed by atoms with E-state index in [4.69, 9.17) is 5.11 Å². The predicted molar refractivity (Wildman–Crippen MR) is 97.5 cm³/mol. The number of piperazine rings is 1. The van der Waals surface area contributed by atoms with E-state index in [1.54, 1.807) is 36.1 Å². The van der Waals surface area contributed by atoms with Crippen LogP contribution in [-0.2, 0) is 19.6 Å². The van der Waals surface area contributed by atoms with Crippen LogP contribution in [0.2, 0.25) is 0 Å². The Hall–Kier alpha value is -2.13. The molecule has 1 amide bonds. The zero-order valence-corrected chi connectivity index (χ0v) is 15.8. The Kier molecular flexibility index (Phi) is 6.60. The van der Waals surface area contributed by atoms with E-state index >= 15 is 0 Å². The van der Waals surface area contributed by atoms with Crippen molar-refractivity contribution in [1.82, 2.24) is 9.62 Å². The number of carboxylic acids is 1. The van der Waals surface area contributed by atoms with Crippen molar-refractivity contribution in [2.75, 3.05) is 38.1 Å². The maximum absolute atomic E-state index is 12.3. The fourth-order valence-corrected chi connectivity index (χ4v) is 4.00. The lowest BCUT2D eigenvalue weighted by Gasteiger charge is -2.37. The first-order valence-corrected chi connectivity index (χ1v) is 10.00. The Balaban J connectivity index is 2.01. The standard InChI is InChI=1S/C17H25N3O5S/c1-13(12-17(22)23)11-16(21)20-9-7-19(8-10-20)14-5-3-4-6-15(14)26(24,25)18-2/h3-6,13,18H,7-12H2,1-2H3,(H,22,23). The molecule has 1 fully saturated rings. The van der Waals surface area contributed by atoms with E-state index in [2.05, 4.69) is 4.72 Å². The number of para-hydroxylation sites is 1. The Bertz CT molecular complexity index is 757. The van der Waals surface area contributed by atoms with Crippen LogP contribution in [0, 0.1) is 5.92 Å². The molecule has 1 unspecified atom stereocenters. The van der Waals surface area contributed by atoms with Crippen molar-refractivity contribution in [2.45, 2.75) is 24.7 Å². The molecular formula is C17H25N3O5S. The van der Waals surface area contributed by atoms with Crippen molar-refractivity contribution in [3.8, 4) is 0 Å². The first kappa shape index (κ1) is 20.2. The number of anilines is 1. The van der Waals surface area contributed by atoms with Gasteiger partial charge in [-0.15, -0.1) is 0 Å². The van der Waals surface area contributed by atoms with Gasteiger partial charge in [0.2, 0.25) is 15.9 Å². The van der Waals surface area contributed by atoms with E-state index < -0.39 is 16.0 Å². The molecule has 1 atom stereocenters. The lowest BCUT2D eigenvalue weighted by molar-refractivity contribution is -0.138.